The number of halogens is 3. The molecular formula is C18H20F3N3O3. The molecule has 0 bridgehead atoms. The summed E-state index contributed by atoms with van der Waals surface area (Å²) in [5, 5.41) is 6.12. The summed E-state index contributed by atoms with van der Waals surface area (Å²) in [6.45, 7) is 5.22. The third-order valence-corrected chi connectivity index (χ3v) is 3.54. The molecule has 0 saturated carbocycles. The number of hydrogen-bond donors (Lipinski definition) is 1. The number of amides is 2. The second-order valence-corrected chi connectivity index (χ2v) is 6.53. The van der Waals surface area contributed by atoms with E-state index >= 15 is 0 Å². The number of nitrogens with zero attached hydrogens (tertiary/aromatic N) is 2. The molecule has 0 aliphatic heterocycles. The molecule has 2 amide bonds. The van der Waals surface area contributed by atoms with E-state index < -0.39 is 23.6 Å². The molecule has 2 rings (SSSR count). The summed E-state index contributed by atoms with van der Waals surface area (Å²) >= 11 is 0. The van der Waals surface area contributed by atoms with Crippen LogP contribution in [0.1, 0.15) is 35.5 Å². The first-order valence-electron chi connectivity index (χ1n) is 8.26. The third kappa shape index (κ3) is 5.83. The smallest absolute Gasteiger partial charge is 0.360 e. The second kappa shape index (κ2) is 8.24. The first-order valence-corrected chi connectivity index (χ1v) is 8.26. The van der Waals surface area contributed by atoms with Gasteiger partial charge in [-0.15, -0.1) is 0 Å². The maximum Gasteiger partial charge on any atom is 0.416 e. The maximum atomic E-state index is 12.9. The van der Waals surface area contributed by atoms with Crippen molar-refractivity contribution < 1.29 is 27.3 Å². The predicted octanol–water partition coefficient (Wildman–Crippen LogP) is 3.74. The van der Waals surface area contributed by atoms with Crippen LogP contribution in [0.15, 0.2) is 34.9 Å². The lowest BCUT2D eigenvalue weighted by Crippen LogP contribution is -2.40. The van der Waals surface area contributed by atoms with Gasteiger partial charge in [0, 0.05) is 18.2 Å². The van der Waals surface area contributed by atoms with E-state index in [9.17, 15) is 22.8 Å². The molecular weight excluding hydrogens is 363 g/mol. The number of carbonyl (C=O) groups excluding carboxylic acids is 2. The Hall–Kier alpha value is -2.84. The topological polar surface area (TPSA) is 75.4 Å². The molecule has 0 aliphatic rings. The van der Waals surface area contributed by atoms with Gasteiger partial charge in [0.25, 0.3) is 5.91 Å². The molecule has 27 heavy (non-hydrogen) atoms. The van der Waals surface area contributed by atoms with Gasteiger partial charge in [-0.3, -0.25) is 9.59 Å². The fourth-order valence-electron chi connectivity index (χ4n) is 2.45. The molecule has 0 saturated heterocycles. The lowest BCUT2D eigenvalue weighted by molar-refractivity contribution is -0.137. The summed E-state index contributed by atoms with van der Waals surface area (Å²) in [6.07, 6.45) is -4.55. The first kappa shape index (κ1) is 20.5. The Morgan fingerprint density at radius 1 is 1.26 bits per heavy atom. The molecule has 146 valence electrons. The number of rotatable bonds is 6. The van der Waals surface area contributed by atoms with Crippen LogP contribution in [0.3, 0.4) is 0 Å². The first-order chi connectivity index (χ1) is 12.6. The molecule has 1 heterocycles. The largest absolute Gasteiger partial charge is 0.416 e. The van der Waals surface area contributed by atoms with Gasteiger partial charge < -0.3 is 14.7 Å². The summed E-state index contributed by atoms with van der Waals surface area (Å²) < 4.78 is 43.5. The minimum Gasteiger partial charge on any atom is -0.360 e. The van der Waals surface area contributed by atoms with Gasteiger partial charge in [0.15, 0.2) is 5.82 Å². The quantitative estimate of drug-likeness (QED) is 0.825. The molecule has 9 heteroatoms. The fraction of sp³-hybridized carbons (Fsp3) is 0.389. The van der Waals surface area contributed by atoms with Crippen molar-refractivity contribution in [3.8, 4) is 0 Å². The van der Waals surface area contributed by atoms with Gasteiger partial charge >= 0.3 is 6.18 Å². The van der Waals surface area contributed by atoms with Crippen molar-refractivity contribution in [2.24, 2.45) is 5.92 Å². The molecule has 0 unspecified atom stereocenters. The van der Waals surface area contributed by atoms with Crippen LogP contribution in [-0.4, -0.2) is 35.0 Å². The third-order valence-electron chi connectivity index (χ3n) is 3.54. The van der Waals surface area contributed by atoms with E-state index in [1.807, 2.05) is 13.8 Å². The van der Waals surface area contributed by atoms with Crippen LogP contribution < -0.4 is 5.32 Å². The average Bonchev–Trinajstić information content (AvgIpc) is 2.97. The van der Waals surface area contributed by atoms with Crippen molar-refractivity contribution >= 4 is 17.6 Å². The molecule has 1 aromatic carbocycles. The highest BCUT2D eigenvalue weighted by Gasteiger charge is 2.31. The standard InChI is InChI=1S/C18H20F3N3O3/c1-11(2)9-24(10-16(25)22-15-7-12(3)27-23-15)17(26)13-5-4-6-14(8-13)18(19,20)21/h4-8,11H,9-10H2,1-3H3,(H,22,23,25). The Morgan fingerprint density at radius 2 is 1.96 bits per heavy atom. The molecule has 2 aromatic rings. The molecule has 1 N–H and O–H groups in total. The fourth-order valence-corrected chi connectivity index (χ4v) is 2.45. The summed E-state index contributed by atoms with van der Waals surface area (Å²) in [5.41, 5.74) is -1.05. The lowest BCUT2D eigenvalue weighted by Gasteiger charge is -2.24. The Labute approximate surface area is 154 Å². The number of hydrogen-bond acceptors (Lipinski definition) is 4. The molecule has 0 radical (unpaired) electrons. The Balaban J connectivity index is 2.17. The van der Waals surface area contributed by atoms with Gasteiger partial charge in [0.2, 0.25) is 5.91 Å². The van der Waals surface area contributed by atoms with Gasteiger partial charge in [-0.25, -0.2) is 0 Å². The van der Waals surface area contributed by atoms with Crippen molar-refractivity contribution in [3.05, 3.63) is 47.2 Å². The van der Waals surface area contributed by atoms with E-state index in [2.05, 4.69) is 10.5 Å². The van der Waals surface area contributed by atoms with Crippen molar-refractivity contribution in [1.29, 1.82) is 0 Å². The number of alkyl halides is 3. The Kier molecular flexibility index (Phi) is 6.24. The van der Waals surface area contributed by atoms with E-state index in [0.717, 1.165) is 12.1 Å². The Bertz CT molecular complexity index is 815. The molecule has 1 aromatic heterocycles. The predicted molar refractivity (Wildman–Crippen MR) is 92.1 cm³/mol. The van der Waals surface area contributed by atoms with Crippen LogP contribution in [0.25, 0.3) is 0 Å². The van der Waals surface area contributed by atoms with Crippen molar-refractivity contribution in [3.63, 3.8) is 0 Å². The van der Waals surface area contributed by atoms with Crippen LogP contribution in [0, 0.1) is 12.8 Å². The summed E-state index contributed by atoms with van der Waals surface area (Å²) in [7, 11) is 0. The summed E-state index contributed by atoms with van der Waals surface area (Å²) in [5.74, 6) is -0.453. The Morgan fingerprint density at radius 3 is 2.52 bits per heavy atom. The zero-order valence-electron chi connectivity index (χ0n) is 15.1. The monoisotopic (exact) mass is 383 g/mol. The van der Waals surface area contributed by atoms with Crippen LogP contribution in [0.5, 0.6) is 0 Å². The second-order valence-electron chi connectivity index (χ2n) is 6.53. The number of benzene rings is 1. The molecule has 0 aliphatic carbocycles. The van der Waals surface area contributed by atoms with E-state index in [-0.39, 0.29) is 30.4 Å². The van der Waals surface area contributed by atoms with Gasteiger partial charge in [-0.2, -0.15) is 13.2 Å². The van der Waals surface area contributed by atoms with E-state index in [1.54, 1.807) is 6.92 Å². The number of carbonyl (C=O) groups is 2. The van der Waals surface area contributed by atoms with Crippen LogP contribution in [0.4, 0.5) is 19.0 Å². The van der Waals surface area contributed by atoms with E-state index in [1.165, 1.54) is 23.1 Å². The molecule has 0 atom stereocenters. The maximum absolute atomic E-state index is 12.9. The molecule has 0 fully saturated rings. The number of aromatic nitrogens is 1. The van der Waals surface area contributed by atoms with Crippen LogP contribution in [-0.2, 0) is 11.0 Å². The lowest BCUT2D eigenvalue weighted by atomic mass is 10.1. The van der Waals surface area contributed by atoms with E-state index in [0.29, 0.717) is 5.76 Å². The SMILES string of the molecule is Cc1cc(NC(=O)CN(CC(C)C)C(=O)c2cccc(C(F)(F)F)c2)no1. The molecule has 0 spiro atoms. The van der Waals surface area contributed by atoms with Gasteiger partial charge in [-0.05, 0) is 31.0 Å². The minimum atomic E-state index is -4.55. The average molecular weight is 383 g/mol. The van der Waals surface area contributed by atoms with Gasteiger partial charge in [0.1, 0.15) is 12.3 Å². The highest BCUT2D eigenvalue weighted by Crippen LogP contribution is 2.29. The summed E-state index contributed by atoms with van der Waals surface area (Å²) in [6, 6.07) is 5.66. The van der Waals surface area contributed by atoms with Crippen molar-refractivity contribution in [2.75, 3.05) is 18.4 Å². The zero-order chi connectivity index (χ0) is 20.2. The molecule has 6 nitrogen and oxygen atoms in total. The zero-order valence-corrected chi connectivity index (χ0v) is 15.1. The highest BCUT2D eigenvalue weighted by molar-refractivity contribution is 5.99. The normalized spacial score (nSPS) is 11.5. The number of nitrogens with one attached hydrogen (secondary N) is 1. The van der Waals surface area contributed by atoms with Gasteiger partial charge in [-0.1, -0.05) is 25.1 Å². The van der Waals surface area contributed by atoms with Gasteiger partial charge in [0.05, 0.1) is 5.56 Å². The van der Waals surface area contributed by atoms with Crippen LogP contribution in [0.2, 0.25) is 0 Å². The minimum absolute atomic E-state index is 0.0156. The van der Waals surface area contributed by atoms with Crippen molar-refractivity contribution in [1.82, 2.24) is 10.1 Å². The number of aryl methyl sites for hydroxylation is 1. The highest BCUT2D eigenvalue weighted by atomic mass is 19.4. The van der Waals surface area contributed by atoms with Crippen molar-refractivity contribution in [2.45, 2.75) is 26.9 Å². The van der Waals surface area contributed by atoms with E-state index in [4.69, 9.17) is 4.52 Å². The number of anilines is 1. The van der Waals surface area contributed by atoms with Crippen LogP contribution >= 0.6 is 0 Å². The summed E-state index contributed by atoms with van der Waals surface area (Å²) in [4.78, 5) is 26.1.